The molecule has 0 unspecified atom stereocenters. The van der Waals surface area contributed by atoms with E-state index in [4.69, 9.17) is 9.47 Å². The van der Waals surface area contributed by atoms with Crippen molar-refractivity contribution in [1.29, 1.82) is 0 Å². The Bertz CT molecular complexity index is 610. The fraction of sp³-hybridized carbons (Fsp3) is 0.357. The molecule has 112 valence electrons. The van der Waals surface area contributed by atoms with Gasteiger partial charge in [-0.15, -0.1) is 0 Å². The van der Waals surface area contributed by atoms with E-state index >= 15 is 0 Å². The summed E-state index contributed by atoms with van der Waals surface area (Å²) in [6, 6.07) is 3.47. The lowest BCUT2D eigenvalue weighted by atomic mass is 10.1. The monoisotopic (exact) mass is 291 g/mol. The molecule has 1 aliphatic rings. The molecule has 21 heavy (non-hydrogen) atoms. The van der Waals surface area contributed by atoms with E-state index in [0.717, 1.165) is 5.56 Å². The second-order valence-corrected chi connectivity index (χ2v) is 4.57. The molecule has 2 amide bonds. The van der Waals surface area contributed by atoms with E-state index in [0.29, 0.717) is 29.3 Å². The molecule has 0 fully saturated rings. The van der Waals surface area contributed by atoms with Crippen molar-refractivity contribution >= 4 is 23.2 Å². The quantitative estimate of drug-likeness (QED) is 0.872. The van der Waals surface area contributed by atoms with Crippen LogP contribution >= 0.6 is 0 Å². The number of amides is 2. The lowest BCUT2D eigenvalue weighted by molar-refractivity contribution is -0.121. The highest BCUT2D eigenvalue weighted by Crippen LogP contribution is 2.32. The number of hydrogen-bond donors (Lipinski definition) is 2. The molecule has 0 radical (unpaired) electrons. The van der Waals surface area contributed by atoms with Gasteiger partial charge >= 0.3 is 0 Å². The van der Waals surface area contributed by atoms with Crippen molar-refractivity contribution in [1.82, 2.24) is 5.43 Å². The number of methoxy groups -OCH3 is 2. The molecule has 7 nitrogen and oxygen atoms in total. The lowest BCUT2D eigenvalue weighted by Gasteiger charge is -2.15. The van der Waals surface area contributed by atoms with Crippen molar-refractivity contribution in [3.8, 4) is 11.5 Å². The second kappa shape index (κ2) is 6.25. The molecule has 0 atom stereocenters. The molecule has 1 heterocycles. The van der Waals surface area contributed by atoms with Gasteiger partial charge in [0.05, 0.1) is 14.2 Å². The Labute approximate surface area is 122 Å². The molecule has 2 N–H and O–H groups in total. The average Bonchev–Trinajstić information content (AvgIpc) is 2.49. The van der Waals surface area contributed by atoms with Gasteiger partial charge in [-0.3, -0.25) is 9.59 Å². The number of carbonyl (C=O) groups is 2. The highest BCUT2D eigenvalue weighted by molar-refractivity contribution is 6.43. The van der Waals surface area contributed by atoms with Gasteiger partial charge < -0.3 is 14.8 Å². The minimum absolute atomic E-state index is 0.186. The van der Waals surface area contributed by atoms with Gasteiger partial charge in [-0.05, 0) is 18.6 Å². The Morgan fingerprint density at radius 1 is 1.24 bits per heavy atom. The molecule has 0 aliphatic carbocycles. The zero-order chi connectivity index (χ0) is 15.4. The first-order valence-electron chi connectivity index (χ1n) is 6.44. The Hall–Kier alpha value is -2.57. The van der Waals surface area contributed by atoms with Crippen molar-refractivity contribution in [3.05, 3.63) is 17.7 Å². The molecule has 0 bridgehead atoms. The van der Waals surface area contributed by atoms with E-state index in [-0.39, 0.29) is 18.2 Å². The van der Waals surface area contributed by atoms with Gasteiger partial charge in [0.25, 0.3) is 5.91 Å². The predicted octanol–water partition coefficient (Wildman–Crippen LogP) is 1.22. The molecule has 0 aromatic heterocycles. The van der Waals surface area contributed by atoms with Crippen molar-refractivity contribution in [3.63, 3.8) is 0 Å². The van der Waals surface area contributed by atoms with Crippen molar-refractivity contribution in [2.75, 3.05) is 19.5 Å². The summed E-state index contributed by atoms with van der Waals surface area (Å²) in [6.45, 7) is 1.85. The van der Waals surface area contributed by atoms with Crippen LogP contribution in [0.1, 0.15) is 18.4 Å². The highest BCUT2D eigenvalue weighted by Gasteiger charge is 2.19. The third-order valence-corrected chi connectivity index (χ3v) is 3.15. The first-order chi connectivity index (χ1) is 10.0. The predicted molar refractivity (Wildman–Crippen MR) is 77.7 cm³/mol. The van der Waals surface area contributed by atoms with Crippen LogP contribution in [0.15, 0.2) is 17.2 Å². The first kappa shape index (κ1) is 14.8. The first-order valence-corrected chi connectivity index (χ1v) is 6.44. The normalized spacial score (nSPS) is 14.0. The summed E-state index contributed by atoms with van der Waals surface area (Å²) < 4.78 is 10.4. The van der Waals surface area contributed by atoms with E-state index in [9.17, 15) is 9.59 Å². The number of nitrogens with zero attached hydrogens (tertiary/aromatic N) is 1. The van der Waals surface area contributed by atoms with Gasteiger partial charge in [0.2, 0.25) is 5.91 Å². The van der Waals surface area contributed by atoms with Gasteiger partial charge in [-0.25, -0.2) is 5.43 Å². The van der Waals surface area contributed by atoms with Crippen LogP contribution in [0.25, 0.3) is 0 Å². The van der Waals surface area contributed by atoms with Crippen LogP contribution in [0, 0.1) is 6.92 Å². The number of nitrogens with one attached hydrogen (secondary N) is 2. The largest absolute Gasteiger partial charge is 0.493 e. The second-order valence-electron chi connectivity index (χ2n) is 4.57. The average molecular weight is 291 g/mol. The fourth-order valence-electron chi connectivity index (χ4n) is 1.95. The summed E-state index contributed by atoms with van der Waals surface area (Å²) in [5, 5.41) is 6.53. The summed E-state index contributed by atoms with van der Waals surface area (Å²) in [6.07, 6.45) is 0.584. The minimum Gasteiger partial charge on any atom is -0.493 e. The molecule has 1 aromatic carbocycles. The summed E-state index contributed by atoms with van der Waals surface area (Å²) >= 11 is 0. The van der Waals surface area contributed by atoms with Crippen LogP contribution in [-0.2, 0) is 9.59 Å². The van der Waals surface area contributed by atoms with Crippen LogP contribution < -0.4 is 20.2 Å². The van der Waals surface area contributed by atoms with E-state index < -0.39 is 0 Å². The van der Waals surface area contributed by atoms with E-state index in [2.05, 4.69) is 15.8 Å². The summed E-state index contributed by atoms with van der Waals surface area (Å²) in [5.41, 5.74) is 4.04. The maximum atomic E-state index is 12.1. The minimum atomic E-state index is -0.342. The number of ether oxygens (including phenoxy) is 2. The smallest absolute Gasteiger partial charge is 0.271 e. The number of benzene rings is 1. The summed E-state index contributed by atoms with van der Waals surface area (Å²) in [7, 11) is 3.08. The third-order valence-electron chi connectivity index (χ3n) is 3.15. The summed E-state index contributed by atoms with van der Waals surface area (Å²) in [5.74, 6) is 0.590. The Morgan fingerprint density at radius 2 is 1.90 bits per heavy atom. The molecule has 2 rings (SSSR count). The molecule has 0 saturated carbocycles. The van der Waals surface area contributed by atoms with Crippen LogP contribution in [0.4, 0.5) is 5.69 Å². The number of rotatable bonds is 4. The van der Waals surface area contributed by atoms with Gasteiger partial charge in [-0.1, -0.05) is 0 Å². The fourth-order valence-corrected chi connectivity index (χ4v) is 1.95. The molecular weight excluding hydrogens is 274 g/mol. The molecule has 1 aliphatic heterocycles. The molecule has 7 heteroatoms. The number of hydrazone groups is 1. The number of aryl methyl sites for hydroxylation is 1. The van der Waals surface area contributed by atoms with Gasteiger partial charge in [0.15, 0.2) is 11.5 Å². The van der Waals surface area contributed by atoms with E-state index in [1.807, 2.05) is 6.92 Å². The standard InChI is InChI=1S/C14H17N3O4/c1-8-6-11(20-2)12(21-3)7-10(8)15-14(19)9-4-5-13(18)17-16-9/h6-7H,4-5H2,1-3H3,(H,15,19)(H,17,18). The molecular formula is C14H17N3O4. The number of carbonyl (C=O) groups excluding carboxylic acids is 2. The Kier molecular flexibility index (Phi) is 4.42. The number of hydrogen-bond acceptors (Lipinski definition) is 5. The Morgan fingerprint density at radius 3 is 2.48 bits per heavy atom. The zero-order valence-corrected chi connectivity index (χ0v) is 12.1. The molecule has 0 saturated heterocycles. The molecule has 0 spiro atoms. The van der Waals surface area contributed by atoms with Gasteiger partial charge in [0, 0.05) is 24.6 Å². The zero-order valence-electron chi connectivity index (χ0n) is 12.1. The summed E-state index contributed by atoms with van der Waals surface area (Å²) in [4.78, 5) is 23.1. The third kappa shape index (κ3) is 3.31. The maximum Gasteiger partial charge on any atom is 0.271 e. The van der Waals surface area contributed by atoms with Crippen molar-refractivity contribution < 1.29 is 19.1 Å². The van der Waals surface area contributed by atoms with E-state index in [1.165, 1.54) is 7.11 Å². The Balaban J connectivity index is 2.19. The SMILES string of the molecule is COc1cc(C)c(NC(=O)C2=NNC(=O)CC2)cc1OC. The van der Waals surface area contributed by atoms with Crippen LogP contribution in [0.2, 0.25) is 0 Å². The van der Waals surface area contributed by atoms with Crippen LogP contribution in [0.5, 0.6) is 11.5 Å². The van der Waals surface area contributed by atoms with Crippen molar-refractivity contribution in [2.24, 2.45) is 5.10 Å². The topological polar surface area (TPSA) is 89.0 Å². The van der Waals surface area contributed by atoms with Crippen LogP contribution in [-0.4, -0.2) is 31.7 Å². The highest BCUT2D eigenvalue weighted by atomic mass is 16.5. The van der Waals surface area contributed by atoms with Gasteiger partial charge in [0.1, 0.15) is 5.71 Å². The van der Waals surface area contributed by atoms with Crippen molar-refractivity contribution in [2.45, 2.75) is 19.8 Å². The van der Waals surface area contributed by atoms with Gasteiger partial charge in [-0.2, -0.15) is 5.10 Å². The number of anilines is 1. The molecule has 1 aromatic rings. The van der Waals surface area contributed by atoms with E-state index in [1.54, 1.807) is 19.2 Å². The maximum absolute atomic E-state index is 12.1. The van der Waals surface area contributed by atoms with Crippen LogP contribution in [0.3, 0.4) is 0 Å². The lowest BCUT2D eigenvalue weighted by Crippen LogP contribution is -2.32.